The summed E-state index contributed by atoms with van der Waals surface area (Å²) >= 11 is 3.48. The molecule has 150 valence electrons. The average Bonchev–Trinajstić information content (AvgIpc) is 2.71. The van der Waals surface area contributed by atoms with Crippen LogP contribution in [0.15, 0.2) is 53.0 Å². The Labute approximate surface area is 174 Å². The van der Waals surface area contributed by atoms with Crippen molar-refractivity contribution in [2.24, 2.45) is 0 Å². The first-order valence-electron chi connectivity index (χ1n) is 9.80. The van der Waals surface area contributed by atoms with E-state index in [1.165, 1.54) is 5.56 Å². The van der Waals surface area contributed by atoms with E-state index in [4.69, 9.17) is 9.47 Å². The lowest BCUT2D eigenvalue weighted by molar-refractivity contribution is 0.133. The molecular weight excluding hydrogens is 420 g/mol. The molecule has 0 fully saturated rings. The summed E-state index contributed by atoms with van der Waals surface area (Å²) in [5, 5.41) is 5.98. The van der Waals surface area contributed by atoms with Crippen LogP contribution in [0, 0.1) is 0 Å². The summed E-state index contributed by atoms with van der Waals surface area (Å²) in [4.78, 5) is 12.2. The van der Waals surface area contributed by atoms with Crippen LogP contribution in [0.2, 0.25) is 0 Å². The third kappa shape index (κ3) is 6.53. The van der Waals surface area contributed by atoms with Crippen LogP contribution in [-0.2, 0) is 11.2 Å². The van der Waals surface area contributed by atoms with Gasteiger partial charge in [-0.25, -0.2) is 4.79 Å². The zero-order chi connectivity index (χ0) is 19.6. The van der Waals surface area contributed by atoms with Crippen LogP contribution in [0.3, 0.4) is 0 Å². The summed E-state index contributed by atoms with van der Waals surface area (Å²) in [7, 11) is 0. The number of ether oxygens (including phenoxy) is 2. The zero-order valence-electron chi connectivity index (χ0n) is 16.0. The molecule has 2 N–H and O–H groups in total. The van der Waals surface area contributed by atoms with Gasteiger partial charge in [0.05, 0.1) is 19.3 Å². The van der Waals surface area contributed by atoms with Gasteiger partial charge >= 0.3 is 6.03 Å². The van der Waals surface area contributed by atoms with E-state index in [9.17, 15) is 4.79 Å². The smallest absolute Gasteiger partial charge is 0.315 e. The van der Waals surface area contributed by atoms with Gasteiger partial charge in [0.2, 0.25) is 0 Å². The predicted octanol–water partition coefficient (Wildman–Crippen LogP) is 4.61. The van der Waals surface area contributed by atoms with Crippen molar-refractivity contribution < 1.29 is 14.3 Å². The Balaban J connectivity index is 1.27. The molecule has 3 rings (SSSR count). The van der Waals surface area contributed by atoms with Gasteiger partial charge in [-0.05, 0) is 43.0 Å². The third-order valence-electron chi connectivity index (χ3n) is 4.70. The highest BCUT2D eigenvalue weighted by atomic mass is 79.9. The minimum Gasteiger partial charge on any atom is -0.493 e. The number of benzene rings is 2. The molecule has 0 bridgehead atoms. The van der Waals surface area contributed by atoms with Gasteiger partial charge in [0, 0.05) is 29.6 Å². The van der Waals surface area contributed by atoms with Crippen LogP contribution < -0.4 is 15.4 Å². The molecule has 0 spiro atoms. The molecule has 5 nitrogen and oxygen atoms in total. The Morgan fingerprint density at radius 2 is 2.00 bits per heavy atom. The Kier molecular flexibility index (Phi) is 8.18. The summed E-state index contributed by atoms with van der Waals surface area (Å²) in [5.41, 5.74) is 2.31. The van der Waals surface area contributed by atoms with E-state index < -0.39 is 0 Å². The molecule has 2 aromatic carbocycles. The van der Waals surface area contributed by atoms with Gasteiger partial charge in [0.25, 0.3) is 0 Å². The lowest BCUT2D eigenvalue weighted by Crippen LogP contribution is -2.40. The van der Waals surface area contributed by atoms with Crippen LogP contribution in [-0.4, -0.2) is 32.4 Å². The largest absolute Gasteiger partial charge is 0.493 e. The molecule has 0 radical (unpaired) electrons. The molecule has 1 aliphatic rings. The first kappa shape index (κ1) is 20.7. The number of carbonyl (C=O) groups is 1. The Bertz CT molecular complexity index is 755. The highest BCUT2D eigenvalue weighted by Gasteiger charge is 2.23. The summed E-state index contributed by atoms with van der Waals surface area (Å²) < 4.78 is 12.3. The molecule has 0 saturated heterocycles. The first-order chi connectivity index (χ1) is 13.7. The quantitative estimate of drug-likeness (QED) is 0.552. The zero-order valence-corrected chi connectivity index (χ0v) is 17.5. The number of unbranched alkanes of at least 4 members (excludes halogenated alkanes) is 1. The fourth-order valence-corrected chi connectivity index (χ4v) is 3.57. The number of amides is 2. The highest BCUT2D eigenvalue weighted by molar-refractivity contribution is 9.10. The molecule has 2 amide bonds. The van der Waals surface area contributed by atoms with Gasteiger partial charge in [0.15, 0.2) is 0 Å². The Hall–Kier alpha value is -2.05. The first-order valence-corrected chi connectivity index (χ1v) is 10.6. The summed E-state index contributed by atoms with van der Waals surface area (Å²) in [6.07, 6.45) is 3.53. The van der Waals surface area contributed by atoms with Crippen LogP contribution in [0.4, 0.5) is 4.79 Å². The van der Waals surface area contributed by atoms with Gasteiger partial charge in [-0.15, -0.1) is 0 Å². The average molecular weight is 447 g/mol. The summed E-state index contributed by atoms with van der Waals surface area (Å²) in [5.74, 6) is 0.840. The summed E-state index contributed by atoms with van der Waals surface area (Å²) in [6.45, 7) is 2.70. The molecule has 1 unspecified atom stereocenters. The minimum absolute atomic E-state index is 0.0254. The number of carbonyl (C=O) groups excluding carboxylic acids is 1. The van der Waals surface area contributed by atoms with Crippen LogP contribution in [0.25, 0.3) is 0 Å². The van der Waals surface area contributed by atoms with Crippen LogP contribution >= 0.6 is 15.9 Å². The van der Waals surface area contributed by atoms with Crippen molar-refractivity contribution >= 4 is 22.0 Å². The fraction of sp³-hybridized carbons (Fsp3) is 0.409. The minimum atomic E-state index is -0.136. The van der Waals surface area contributed by atoms with E-state index in [-0.39, 0.29) is 12.1 Å². The van der Waals surface area contributed by atoms with Crippen molar-refractivity contribution in [2.75, 3.05) is 26.4 Å². The molecular formula is C22H27BrN2O3. The monoisotopic (exact) mass is 446 g/mol. The van der Waals surface area contributed by atoms with E-state index in [0.717, 1.165) is 54.7 Å². The second-order valence-corrected chi connectivity index (χ2v) is 7.74. The van der Waals surface area contributed by atoms with Crippen LogP contribution in [0.5, 0.6) is 5.75 Å². The van der Waals surface area contributed by atoms with E-state index in [1.807, 2.05) is 36.4 Å². The molecule has 28 heavy (non-hydrogen) atoms. The SMILES string of the molecule is O=C(NCCCCOCCc1ccccc1)NC1CCOc2ccc(Br)cc21. The Morgan fingerprint density at radius 1 is 1.14 bits per heavy atom. The van der Waals surface area contributed by atoms with Crippen molar-refractivity contribution in [3.8, 4) is 5.75 Å². The van der Waals surface area contributed by atoms with Crippen molar-refractivity contribution in [3.05, 3.63) is 64.1 Å². The molecule has 2 aromatic rings. The number of halogens is 1. The van der Waals surface area contributed by atoms with Crippen molar-refractivity contribution in [3.63, 3.8) is 0 Å². The number of hydrogen-bond acceptors (Lipinski definition) is 3. The van der Waals surface area contributed by atoms with E-state index in [2.05, 4.69) is 38.7 Å². The molecule has 1 aliphatic heterocycles. The molecule has 0 saturated carbocycles. The maximum Gasteiger partial charge on any atom is 0.315 e. The van der Waals surface area contributed by atoms with E-state index in [0.29, 0.717) is 13.2 Å². The van der Waals surface area contributed by atoms with Gasteiger partial charge < -0.3 is 20.1 Å². The number of hydrogen-bond donors (Lipinski definition) is 2. The standard InChI is InChI=1S/C22H27BrN2O3/c23-18-8-9-21-19(16-18)20(11-15-28-21)25-22(26)24-12-4-5-13-27-14-10-17-6-2-1-3-7-17/h1-3,6-9,16,20H,4-5,10-15H2,(H2,24,25,26). The lowest BCUT2D eigenvalue weighted by Gasteiger charge is -2.27. The summed E-state index contributed by atoms with van der Waals surface area (Å²) in [6, 6.07) is 16.1. The maximum absolute atomic E-state index is 12.2. The number of urea groups is 1. The normalized spacial score (nSPS) is 15.4. The van der Waals surface area contributed by atoms with Gasteiger partial charge in [0.1, 0.15) is 5.75 Å². The number of fused-ring (bicyclic) bond motifs is 1. The second-order valence-electron chi connectivity index (χ2n) is 6.83. The second kappa shape index (κ2) is 11.1. The Morgan fingerprint density at radius 3 is 2.86 bits per heavy atom. The number of nitrogens with one attached hydrogen (secondary N) is 2. The lowest BCUT2D eigenvalue weighted by atomic mass is 10.0. The molecule has 0 aromatic heterocycles. The van der Waals surface area contributed by atoms with Crippen molar-refractivity contribution in [1.29, 1.82) is 0 Å². The fourth-order valence-electron chi connectivity index (χ4n) is 3.19. The molecule has 0 aliphatic carbocycles. The van der Waals surface area contributed by atoms with Crippen molar-refractivity contribution in [2.45, 2.75) is 31.7 Å². The van der Waals surface area contributed by atoms with Gasteiger partial charge in [-0.1, -0.05) is 46.3 Å². The van der Waals surface area contributed by atoms with E-state index in [1.54, 1.807) is 0 Å². The highest BCUT2D eigenvalue weighted by Crippen LogP contribution is 2.33. The van der Waals surface area contributed by atoms with Gasteiger partial charge in [-0.2, -0.15) is 0 Å². The molecule has 6 heteroatoms. The third-order valence-corrected chi connectivity index (χ3v) is 5.19. The molecule has 1 atom stereocenters. The van der Waals surface area contributed by atoms with E-state index >= 15 is 0 Å². The predicted molar refractivity (Wildman–Crippen MR) is 114 cm³/mol. The maximum atomic E-state index is 12.2. The topological polar surface area (TPSA) is 59.6 Å². The number of rotatable bonds is 9. The molecule has 1 heterocycles. The van der Waals surface area contributed by atoms with Crippen LogP contribution in [0.1, 0.15) is 36.4 Å². The van der Waals surface area contributed by atoms with Crippen molar-refractivity contribution in [1.82, 2.24) is 10.6 Å². The van der Waals surface area contributed by atoms with Gasteiger partial charge in [-0.3, -0.25) is 0 Å².